The number of hydrogen-bond donors (Lipinski definition) is 3. The van der Waals surface area contributed by atoms with Gasteiger partial charge in [-0.05, 0) is 30.2 Å². The van der Waals surface area contributed by atoms with Gasteiger partial charge >= 0.3 is 11.9 Å². The fraction of sp³-hybridized carbons (Fsp3) is 0.167. The number of carbonyl (C=O) groups excluding carboxylic acids is 2. The van der Waals surface area contributed by atoms with Crippen LogP contribution in [0.1, 0.15) is 38.3 Å². The van der Waals surface area contributed by atoms with Gasteiger partial charge in [-0.3, -0.25) is 9.59 Å². The van der Waals surface area contributed by atoms with Crippen LogP contribution in [-0.2, 0) is 16.0 Å². The molecule has 0 amide bonds. The van der Waals surface area contributed by atoms with Crippen LogP contribution in [0.25, 0.3) is 0 Å². The van der Waals surface area contributed by atoms with E-state index in [0.29, 0.717) is 0 Å². The number of benzene rings is 2. The fourth-order valence-corrected chi connectivity index (χ4v) is 2.73. The van der Waals surface area contributed by atoms with Crippen molar-refractivity contribution in [2.75, 3.05) is 7.11 Å². The highest BCUT2D eigenvalue weighted by Gasteiger charge is 2.24. The molecule has 2 rings (SSSR count). The van der Waals surface area contributed by atoms with E-state index in [0.717, 1.165) is 18.2 Å². The molecule has 0 aliphatic heterocycles. The molecule has 0 aliphatic carbocycles. The minimum absolute atomic E-state index is 0.0331. The van der Waals surface area contributed by atoms with E-state index < -0.39 is 29.0 Å². The Morgan fingerprint density at radius 3 is 2.07 bits per heavy atom. The van der Waals surface area contributed by atoms with Gasteiger partial charge in [0.15, 0.2) is 5.78 Å². The van der Waals surface area contributed by atoms with Gasteiger partial charge in [0.05, 0.1) is 28.3 Å². The number of phenols is 2. The highest BCUT2D eigenvalue weighted by atomic mass is 35.5. The zero-order chi connectivity index (χ0) is 20.3. The van der Waals surface area contributed by atoms with Gasteiger partial charge in [-0.2, -0.15) is 0 Å². The van der Waals surface area contributed by atoms with E-state index in [1.807, 2.05) is 0 Å². The third-order valence-electron chi connectivity index (χ3n) is 3.80. The number of rotatable bonds is 6. The van der Waals surface area contributed by atoms with Crippen LogP contribution in [0.15, 0.2) is 24.3 Å². The summed E-state index contributed by atoms with van der Waals surface area (Å²) in [6, 6.07) is 4.26. The molecule has 0 saturated carbocycles. The summed E-state index contributed by atoms with van der Waals surface area (Å²) in [5.41, 5.74) is -0.721. The monoisotopic (exact) mass is 412 g/mol. The van der Waals surface area contributed by atoms with E-state index >= 15 is 0 Å². The van der Waals surface area contributed by atoms with E-state index in [1.54, 1.807) is 0 Å². The van der Waals surface area contributed by atoms with E-state index in [9.17, 15) is 29.7 Å². The van der Waals surface area contributed by atoms with Gasteiger partial charge in [0.25, 0.3) is 0 Å². The maximum absolute atomic E-state index is 12.8. The molecule has 0 heterocycles. The number of hydrogen-bond acceptors (Lipinski definition) is 6. The van der Waals surface area contributed by atoms with Gasteiger partial charge in [-0.1, -0.05) is 23.2 Å². The van der Waals surface area contributed by atoms with E-state index in [4.69, 9.17) is 23.2 Å². The number of esters is 1. The molecule has 0 spiro atoms. The van der Waals surface area contributed by atoms with Gasteiger partial charge in [-0.15, -0.1) is 0 Å². The summed E-state index contributed by atoms with van der Waals surface area (Å²) in [5, 5.41) is 29.2. The maximum atomic E-state index is 12.8. The smallest absolute Gasteiger partial charge is 0.336 e. The zero-order valence-corrected chi connectivity index (χ0v) is 15.5. The molecule has 0 aromatic heterocycles. The normalized spacial score (nSPS) is 10.5. The SMILES string of the molecule is COC(=O)CCc1cc(C(=O)c2cc(Cl)c(Cl)cc2C(=O)O)c(O)cc1O. The van der Waals surface area contributed by atoms with Crippen LogP contribution in [0.3, 0.4) is 0 Å². The number of aromatic carboxylic acids is 1. The predicted molar refractivity (Wildman–Crippen MR) is 97.0 cm³/mol. The summed E-state index contributed by atoms with van der Waals surface area (Å²) in [7, 11) is 1.21. The Hall–Kier alpha value is -2.77. The molecular weight excluding hydrogens is 399 g/mol. The Bertz CT molecular complexity index is 938. The van der Waals surface area contributed by atoms with Gasteiger partial charge in [-0.25, -0.2) is 4.79 Å². The number of carboxylic acids is 1. The lowest BCUT2D eigenvalue weighted by Gasteiger charge is -2.12. The number of halogens is 2. The van der Waals surface area contributed by atoms with Crippen molar-refractivity contribution in [2.45, 2.75) is 12.8 Å². The molecule has 2 aromatic carbocycles. The molecule has 3 N–H and O–H groups in total. The van der Waals surface area contributed by atoms with E-state index in [1.165, 1.54) is 13.2 Å². The summed E-state index contributed by atoms with van der Waals surface area (Å²) < 4.78 is 4.52. The van der Waals surface area contributed by atoms with Crippen LogP contribution in [0, 0.1) is 0 Å². The first-order chi connectivity index (χ1) is 12.6. The predicted octanol–water partition coefficient (Wildman–Crippen LogP) is 3.44. The van der Waals surface area contributed by atoms with Crippen LogP contribution >= 0.6 is 23.2 Å². The van der Waals surface area contributed by atoms with Crippen LogP contribution in [0.4, 0.5) is 0 Å². The number of methoxy groups -OCH3 is 1. The Labute approximate surface area is 163 Å². The lowest BCUT2D eigenvalue weighted by molar-refractivity contribution is -0.140. The molecule has 27 heavy (non-hydrogen) atoms. The van der Waals surface area contributed by atoms with Gasteiger partial charge < -0.3 is 20.1 Å². The lowest BCUT2D eigenvalue weighted by Crippen LogP contribution is -2.11. The van der Waals surface area contributed by atoms with Gasteiger partial charge in [0.1, 0.15) is 11.5 Å². The molecule has 142 valence electrons. The molecule has 0 fully saturated rings. The van der Waals surface area contributed by atoms with Crippen molar-refractivity contribution in [3.05, 3.63) is 56.6 Å². The molecule has 7 nitrogen and oxygen atoms in total. The van der Waals surface area contributed by atoms with E-state index in [-0.39, 0.29) is 45.3 Å². The topological polar surface area (TPSA) is 121 Å². The molecule has 0 radical (unpaired) electrons. The number of carbonyl (C=O) groups is 3. The molecule has 0 bridgehead atoms. The minimum Gasteiger partial charge on any atom is -0.508 e. The average molecular weight is 413 g/mol. The second-order valence-corrected chi connectivity index (χ2v) is 6.33. The number of carboxylic acid groups (broad SMARTS) is 1. The molecule has 0 saturated heterocycles. The summed E-state index contributed by atoms with van der Waals surface area (Å²) in [5.74, 6) is -3.63. The largest absolute Gasteiger partial charge is 0.508 e. The van der Waals surface area contributed by atoms with Crippen molar-refractivity contribution in [2.24, 2.45) is 0 Å². The number of phenolic OH excluding ortho intramolecular Hbond substituents is 2. The Balaban J connectivity index is 2.52. The van der Waals surface area contributed by atoms with Crippen LogP contribution in [0.5, 0.6) is 11.5 Å². The van der Waals surface area contributed by atoms with Crippen molar-refractivity contribution in [3.63, 3.8) is 0 Å². The average Bonchev–Trinajstić information content (AvgIpc) is 2.61. The quantitative estimate of drug-likeness (QED) is 0.490. The number of aryl methyl sites for hydroxylation is 1. The number of aromatic hydroxyl groups is 2. The second kappa shape index (κ2) is 8.28. The summed E-state index contributed by atoms with van der Waals surface area (Å²) >= 11 is 11.7. The third kappa shape index (κ3) is 4.50. The second-order valence-electron chi connectivity index (χ2n) is 5.52. The fourth-order valence-electron chi connectivity index (χ4n) is 2.40. The van der Waals surface area contributed by atoms with Crippen molar-refractivity contribution in [3.8, 4) is 11.5 Å². The minimum atomic E-state index is -1.40. The van der Waals surface area contributed by atoms with Crippen LogP contribution < -0.4 is 0 Å². The maximum Gasteiger partial charge on any atom is 0.336 e. The Morgan fingerprint density at radius 1 is 0.926 bits per heavy atom. The van der Waals surface area contributed by atoms with Crippen molar-refractivity contribution in [1.82, 2.24) is 0 Å². The highest BCUT2D eigenvalue weighted by Crippen LogP contribution is 2.33. The number of ketones is 1. The first kappa shape index (κ1) is 20.5. The Morgan fingerprint density at radius 2 is 1.52 bits per heavy atom. The Kier molecular flexibility index (Phi) is 6.30. The van der Waals surface area contributed by atoms with Crippen LogP contribution in [-0.4, -0.2) is 40.2 Å². The number of ether oxygens (including phenoxy) is 1. The standard InChI is InChI=1S/C18H14Cl2O7/c1-27-16(23)3-2-8-4-11(15(22)7-14(8)21)17(24)9-5-12(19)13(20)6-10(9)18(25)26/h4-7,21-22H,2-3H2,1H3,(H,25,26). The summed E-state index contributed by atoms with van der Waals surface area (Å²) in [6.45, 7) is 0. The van der Waals surface area contributed by atoms with E-state index in [2.05, 4.69) is 4.74 Å². The van der Waals surface area contributed by atoms with Crippen molar-refractivity contribution >= 4 is 40.9 Å². The molecule has 9 heteroatoms. The first-order valence-electron chi connectivity index (χ1n) is 7.54. The molecule has 0 aliphatic rings. The summed E-state index contributed by atoms with van der Waals surface area (Å²) in [4.78, 5) is 35.5. The lowest BCUT2D eigenvalue weighted by atomic mass is 9.95. The third-order valence-corrected chi connectivity index (χ3v) is 4.53. The summed E-state index contributed by atoms with van der Waals surface area (Å²) in [6.07, 6.45) is -0.0121. The first-order valence-corrected chi connectivity index (χ1v) is 8.30. The molecular formula is C18H14Cl2O7. The van der Waals surface area contributed by atoms with Crippen molar-refractivity contribution in [1.29, 1.82) is 0 Å². The molecule has 0 unspecified atom stereocenters. The molecule has 2 aromatic rings. The van der Waals surface area contributed by atoms with Crippen LogP contribution in [0.2, 0.25) is 10.0 Å². The van der Waals surface area contributed by atoms with Gasteiger partial charge in [0, 0.05) is 18.1 Å². The highest BCUT2D eigenvalue weighted by molar-refractivity contribution is 6.42. The van der Waals surface area contributed by atoms with Crippen molar-refractivity contribution < 1.29 is 34.4 Å². The molecule has 0 atom stereocenters. The zero-order valence-electron chi connectivity index (χ0n) is 14.0. The van der Waals surface area contributed by atoms with Gasteiger partial charge in [0.2, 0.25) is 0 Å².